The molecular weight excluding hydrogens is 274 g/mol. The molecule has 1 saturated heterocycles. The van der Waals surface area contributed by atoms with Crippen molar-refractivity contribution >= 4 is 18.3 Å². The average molecular weight is 291 g/mol. The maximum absolute atomic E-state index is 13.5. The van der Waals surface area contributed by atoms with Gasteiger partial charge in [-0.1, -0.05) is 12.1 Å². The van der Waals surface area contributed by atoms with Crippen molar-refractivity contribution in [3.05, 3.63) is 35.4 Å². The Morgan fingerprint density at radius 1 is 1.26 bits per heavy atom. The number of carbonyl (C=O) groups excluding carboxylic acids is 1. The van der Waals surface area contributed by atoms with Crippen LogP contribution in [0, 0.1) is 11.6 Å². The maximum Gasteiger partial charge on any atom is 0.227 e. The van der Waals surface area contributed by atoms with E-state index in [1.54, 1.807) is 4.90 Å². The molecule has 0 aliphatic carbocycles. The van der Waals surface area contributed by atoms with E-state index < -0.39 is 11.6 Å². The molecule has 1 fully saturated rings. The van der Waals surface area contributed by atoms with Gasteiger partial charge < -0.3 is 10.2 Å². The lowest BCUT2D eigenvalue weighted by Crippen LogP contribution is -2.35. The van der Waals surface area contributed by atoms with Gasteiger partial charge in [-0.3, -0.25) is 4.79 Å². The summed E-state index contributed by atoms with van der Waals surface area (Å²) < 4.78 is 26.5. The second-order valence-electron chi connectivity index (χ2n) is 4.37. The number of nitrogens with zero attached hydrogens (tertiary/aromatic N) is 1. The van der Waals surface area contributed by atoms with Crippen LogP contribution in [0.4, 0.5) is 8.78 Å². The molecule has 0 bridgehead atoms. The van der Waals surface area contributed by atoms with Gasteiger partial charge in [0.2, 0.25) is 5.91 Å². The normalized spacial score (nSPS) is 15.6. The van der Waals surface area contributed by atoms with Gasteiger partial charge >= 0.3 is 0 Å². The summed E-state index contributed by atoms with van der Waals surface area (Å²) in [6.45, 7) is 2.92. The Morgan fingerprint density at radius 3 is 2.84 bits per heavy atom. The van der Waals surface area contributed by atoms with Gasteiger partial charge in [0.25, 0.3) is 0 Å². The highest BCUT2D eigenvalue weighted by atomic mass is 35.5. The molecule has 19 heavy (non-hydrogen) atoms. The molecule has 1 N–H and O–H groups in total. The van der Waals surface area contributed by atoms with Gasteiger partial charge in [-0.2, -0.15) is 0 Å². The lowest BCUT2D eigenvalue weighted by Gasteiger charge is -2.20. The molecule has 0 saturated carbocycles. The lowest BCUT2D eigenvalue weighted by molar-refractivity contribution is -0.130. The first-order chi connectivity index (χ1) is 8.68. The van der Waals surface area contributed by atoms with Crippen LogP contribution in [0.2, 0.25) is 0 Å². The Morgan fingerprint density at radius 2 is 2.05 bits per heavy atom. The zero-order valence-electron chi connectivity index (χ0n) is 10.5. The van der Waals surface area contributed by atoms with E-state index >= 15 is 0 Å². The van der Waals surface area contributed by atoms with Crippen LogP contribution in [0.25, 0.3) is 0 Å². The summed E-state index contributed by atoms with van der Waals surface area (Å²) in [4.78, 5) is 13.7. The van der Waals surface area contributed by atoms with E-state index in [1.807, 2.05) is 0 Å². The van der Waals surface area contributed by atoms with Gasteiger partial charge in [0.1, 0.15) is 0 Å². The zero-order chi connectivity index (χ0) is 13.0. The minimum Gasteiger partial charge on any atom is -0.341 e. The highest BCUT2D eigenvalue weighted by Gasteiger charge is 2.18. The first-order valence-electron chi connectivity index (χ1n) is 6.10. The molecule has 0 atom stereocenters. The van der Waals surface area contributed by atoms with E-state index in [0.29, 0.717) is 13.1 Å². The van der Waals surface area contributed by atoms with Crippen molar-refractivity contribution in [1.82, 2.24) is 10.2 Å². The van der Waals surface area contributed by atoms with Gasteiger partial charge in [0.15, 0.2) is 11.6 Å². The van der Waals surface area contributed by atoms with Crippen molar-refractivity contribution < 1.29 is 13.6 Å². The number of rotatable bonds is 2. The molecule has 0 aromatic heterocycles. The van der Waals surface area contributed by atoms with Crippen LogP contribution in [0.15, 0.2) is 18.2 Å². The van der Waals surface area contributed by atoms with Gasteiger partial charge in [-0.05, 0) is 19.0 Å². The predicted octanol–water partition coefficient (Wildman–Crippen LogP) is 1.75. The number of halogens is 3. The quantitative estimate of drug-likeness (QED) is 0.900. The number of benzene rings is 1. The molecule has 1 aliphatic rings. The van der Waals surface area contributed by atoms with Crippen LogP contribution >= 0.6 is 12.4 Å². The third-order valence-electron chi connectivity index (χ3n) is 3.07. The predicted molar refractivity (Wildman–Crippen MR) is 71.4 cm³/mol. The monoisotopic (exact) mass is 290 g/mol. The topological polar surface area (TPSA) is 32.3 Å². The fraction of sp³-hybridized carbons (Fsp3) is 0.462. The third-order valence-corrected chi connectivity index (χ3v) is 3.07. The first-order valence-corrected chi connectivity index (χ1v) is 6.10. The van der Waals surface area contributed by atoms with Gasteiger partial charge in [0.05, 0.1) is 6.42 Å². The van der Waals surface area contributed by atoms with Crippen molar-refractivity contribution in [2.45, 2.75) is 12.8 Å². The van der Waals surface area contributed by atoms with Crippen LogP contribution in [0.1, 0.15) is 12.0 Å². The number of hydrogen-bond donors (Lipinski definition) is 1. The molecule has 1 heterocycles. The van der Waals surface area contributed by atoms with E-state index in [0.717, 1.165) is 25.6 Å². The molecule has 3 nitrogen and oxygen atoms in total. The molecule has 6 heteroatoms. The number of hydrogen-bond acceptors (Lipinski definition) is 2. The molecule has 1 amide bonds. The molecule has 0 unspecified atom stereocenters. The zero-order valence-corrected chi connectivity index (χ0v) is 11.3. The Hall–Kier alpha value is -1.20. The molecule has 0 radical (unpaired) electrons. The summed E-state index contributed by atoms with van der Waals surface area (Å²) in [5, 5.41) is 3.19. The highest BCUT2D eigenvalue weighted by molar-refractivity contribution is 5.85. The fourth-order valence-corrected chi connectivity index (χ4v) is 2.05. The van der Waals surface area contributed by atoms with E-state index in [4.69, 9.17) is 0 Å². The standard InChI is InChI=1S/C13H16F2N2O.ClH/c14-11-4-1-3-10(13(11)15)9-12(18)17-7-2-5-16-6-8-17;/h1,3-4,16H,2,5-9H2;1H. The van der Waals surface area contributed by atoms with Gasteiger partial charge in [-0.15, -0.1) is 12.4 Å². The Bertz CT molecular complexity index is 435. The number of nitrogens with one attached hydrogen (secondary N) is 1. The maximum atomic E-state index is 13.5. The minimum absolute atomic E-state index is 0. The van der Waals surface area contributed by atoms with Gasteiger partial charge in [-0.25, -0.2) is 8.78 Å². The smallest absolute Gasteiger partial charge is 0.227 e. The van der Waals surface area contributed by atoms with Crippen molar-refractivity contribution in [2.75, 3.05) is 26.2 Å². The third kappa shape index (κ3) is 4.14. The molecule has 0 spiro atoms. The molecule has 1 aromatic carbocycles. The minimum atomic E-state index is -0.918. The number of carbonyl (C=O) groups is 1. The summed E-state index contributed by atoms with van der Waals surface area (Å²) in [6, 6.07) is 3.93. The van der Waals surface area contributed by atoms with Crippen molar-refractivity contribution in [3.8, 4) is 0 Å². The van der Waals surface area contributed by atoms with Crippen LogP contribution in [0.3, 0.4) is 0 Å². The molecule has 106 valence electrons. The highest BCUT2D eigenvalue weighted by Crippen LogP contribution is 2.13. The SMILES string of the molecule is Cl.O=C(Cc1cccc(F)c1F)N1CCCNCC1. The Balaban J connectivity index is 0.00000180. The van der Waals surface area contributed by atoms with Crippen molar-refractivity contribution in [1.29, 1.82) is 0 Å². The first kappa shape index (κ1) is 15.9. The van der Waals surface area contributed by atoms with Crippen LogP contribution in [0.5, 0.6) is 0 Å². The summed E-state index contributed by atoms with van der Waals surface area (Å²) >= 11 is 0. The Labute approximate surface area is 117 Å². The van der Waals surface area contributed by atoms with E-state index in [1.165, 1.54) is 12.1 Å². The number of amides is 1. The summed E-state index contributed by atoms with van der Waals surface area (Å²) in [5.41, 5.74) is 0.122. The van der Waals surface area contributed by atoms with Crippen LogP contribution in [-0.4, -0.2) is 37.0 Å². The van der Waals surface area contributed by atoms with Gasteiger partial charge in [0, 0.05) is 25.2 Å². The average Bonchev–Trinajstić information content (AvgIpc) is 2.63. The molecular formula is C13H17ClF2N2O. The largest absolute Gasteiger partial charge is 0.341 e. The van der Waals surface area contributed by atoms with E-state index in [9.17, 15) is 13.6 Å². The summed E-state index contributed by atoms with van der Waals surface area (Å²) in [7, 11) is 0. The summed E-state index contributed by atoms with van der Waals surface area (Å²) in [5.74, 6) is -1.97. The van der Waals surface area contributed by atoms with E-state index in [2.05, 4.69) is 5.32 Å². The second kappa shape index (κ2) is 7.40. The van der Waals surface area contributed by atoms with E-state index in [-0.39, 0.29) is 30.3 Å². The molecule has 1 aliphatic heterocycles. The lowest BCUT2D eigenvalue weighted by atomic mass is 10.1. The van der Waals surface area contributed by atoms with Crippen LogP contribution < -0.4 is 5.32 Å². The van der Waals surface area contributed by atoms with Crippen molar-refractivity contribution in [2.24, 2.45) is 0 Å². The Kier molecular flexibility index (Phi) is 6.18. The fourth-order valence-electron chi connectivity index (χ4n) is 2.05. The molecule has 2 rings (SSSR count). The summed E-state index contributed by atoms with van der Waals surface area (Å²) in [6.07, 6.45) is 0.807. The molecule has 1 aromatic rings. The van der Waals surface area contributed by atoms with Crippen molar-refractivity contribution in [3.63, 3.8) is 0 Å². The van der Waals surface area contributed by atoms with Crippen LogP contribution in [-0.2, 0) is 11.2 Å². The second-order valence-corrected chi connectivity index (χ2v) is 4.37.